The van der Waals surface area contributed by atoms with Gasteiger partial charge in [-0.25, -0.2) is 4.79 Å². The van der Waals surface area contributed by atoms with Crippen molar-refractivity contribution in [1.29, 1.82) is 0 Å². The van der Waals surface area contributed by atoms with Gasteiger partial charge in [-0.3, -0.25) is 4.98 Å². The normalized spacial score (nSPS) is 19.8. The number of anilines is 2. The lowest BCUT2D eigenvalue weighted by Crippen LogP contribution is -2.45. The topological polar surface area (TPSA) is 66.5 Å². The lowest BCUT2D eigenvalue weighted by molar-refractivity contribution is -0.00517. The van der Waals surface area contributed by atoms with Gasteiger partial charge in [0.05, 0.1) is 23.6 Å². The van der Waals surface area contributed by atoms with E-state index < -0.39 is 0 Å². The van der Waals surface area contributed by atoms with Crippen LogP contribution < -0.4 is 15.5 Å². The lowest BCUT2D eigenvalue weighted by atomic mass is 10.1. The van der Waals surface area contributed by atoms with E-state index in [-0.39, 0.29) is 18.2 Å². The van der Waals surface area contributed by atoms with Gasteiger partial charge in [0, 0.05) is 37.9 Å². The highest BCUT2D eigenvalue weighted by atomic mass is 16.5. The van der Waals surface area contributed by atoms with Crippen LogP contribution >= 0.6 is 0 Å². The summed E-state index contributed by atoms with van der Waals surface area (Å²) in [5.74, 6) is 0. The SMILES string of the molecule is CC1CN(c2ccccc2NC(=O)NCCc2ccccn2)CC(C)O1. The van der Waals surface area contributed by atoms with Crippen LogP contribution in [0.1, 0.15) is 19.5 Å². The second kappa shape index (κ2) is 8.67. The summed E-state index contributed by atoms with van der Waals surface area (Å²) in [6.45, 7) is 6.30. The predicted molar refractivity (Wildman–Crippen MR) is 104 cm³/mol. The monoisotopic (exact) mass is 354 g/mol. The van der Waals surface area contributed by atoms with E-state index >= 15 is 0 Å². The molecule has 2 atom stereocenters. The van der Waals surface area contributed by atoms with Crippen molar-refractivity contribution in [1.82, 2.24) is 10.3 Å². The first-order valence-electron chi connectivity index (χ1n) is 9.06. The molecule has 1 aliphatic heterocycles. The van der Waals surface area contributed by atoms with Crippen LogP contribution in [0, 0.1) is 0 Å². The van der Waals surface area contributed by atoms with Crippen molar-refractivity contribution < 1.29 is 9.53 Å². The zero-order valence-corrected chi connectivity index (χ0v) is 15.3. The van der Waals surface area contributed by atoms with Crippen LogP contribution in [0.5, 0.6) is 0 Å². The number of hydrogen-bond acceptors (Lipinski definition) is 4. The summed E-state index contributed by atoms with van der Waals surface area (Å²) in [6, 6.07) is 13.5. The first-order valence-corrected chi connectivity index (χ1v) is 9.06. The number of ether oxygens (including phenoxy) is 1. The molecule has 3 rings (SSSR count). The molecule has 1 aromatic heterocycles. The minimum Gasteiger partial charge on any atom is -0.372 e. The number of carbonyl (C=O) groups is 1. The third kappa shape index (κ3) is 4.95. The average molecular weight is 354 g/mol. The number of carbonyl (C=O) groups excluding carboxylic acids is 1. The number of benzene rings is 1. The molecule has 0 spiro atoms. The van der Waals surface area contributed by atoms with Crippen LogP contribution in [0.25, 0.3) is 0 Å². The van der Waals surface area contributed by atoms with Crippen molar-refractivity contribution in [3.05, 3.63) is 54.4 Å². The molecule has 1 fully saturated rings. The quantitative estimate of drug-likeness (QED) is 0.866. The Hall–Kier alpha value is -2.60. The summed E-state index contributed by atoms with van der Waals surface area (Å²) in [6.07, 6.45) is 2.79. The summed E-state index contributed by atoms with van der Waals surface area (Å²) in [7, 11) is 0. The lowest BCUT2D eigenvalue weighted by Gasteiger charge is -2.37. The van der Waals surface area contributed by atoms with E-state index in [9.17, 15) is 4.79 Å². The van der Waals surface area contributed by atoms with Gasteiger partial charge in [-0.2, -0.15) is 0 Å². The Labute approximate surface area is 154 Å². The van der Waals surface area contributed by atoms with Crippen molar-refractivity contribution >= 4 is 17.4 Å². The van der Waals surface area contributed by atoms with Gasteiger partial charge >= 0.3 is 6.03 Å². The molecule has 1 aliphatic rings. The minimum absolute atomic E-state index is 0.166. The maximum atomic E-state index is 12.3. The number of nitrogens with one attached hydrogen (secondary N) is 2. The van der Waals surface area contributed by atoms with Gasteiger partial charge in [-0.05, 0) is 38.1 Å². The maximum Gasteiger partial charge on any atom is 0.319 e. The van der Waals surface area contributed by atoms with Crippen LogP contribution in [0.15, 0.2) is 48.7 Å². The molecule has 2 unspecified atom stereocenters. The molecule has 6 heteroatoms. The molecule has 1 aromatic carbocycles. The fourth-order valence-corrected chi connectivity index (χ4v) is 3.25. The van der Waals surface area contributed by atoms with Crippen LogP contribution in [0.3, 0.4) is 0 Å². The molecule has 26 heavy (non-hydrogen) atoms. The van der Waals surface area contributed by atoms with E-state index in [4.69, 9.17) is 4.74 Å². The fourth-order valence-electron chi connectivity index (χ4n) is 3.25. The fraction of sp³-hybridized carbons (Fsp3) is 0.400. The van der Waals surface area contributed by atoms with E-state index in [0.717, 1.165) is 30.2 Å². The number of morpholine rings is 1. The number of rotatable bonds is 5. The van der Waals surface area contributed by atoms with E-state index in [1.54, 1.807) is 6.20 Å². The molecule has 2 heterocycles. The molecule has 2 aromatic rings. The van der Waals surface area contributed by atoms with Gasteiger partial charge in [0.1, 0.15) is 0 Å². The molecule has 2 amide bonds. The van der Waals surface area contributed by atoms with Crippen molar-refractivity contribution in [3.8, 4) is 0 Å². The Morgan fingerprint density at radius 2 is 1.88 bits per heavy atom. The Morgan fingerprint density at radius 3 is 2.62 bits per heavy atom. The molecular weight excluding hydrogens is 328 g/mol. The van der Waals surface area contributed by atoms with Crippen molar-refractivity contribution in [2.24, 2.45) is 0 Å². The summed E-state index contributed by atoms with van der Waals surface area (Å²) in [5.41, 5.74) is 2.79. The standard InChI is InChI=1S/C20H26N4O2/c1-15-13-24(14-16(2)26-15)19-9-4-3-8-18(19)23-20(25)22-12-10-17-7-5-6-11-21-17/h3-9,11,15-16H,10,12-14H2,1-2H3,(H2,22,23,25). The van der Waals surface area contributed by atoms with E-state index in [0.29, 0.717) is 13.0 Å². The van der Waals surface area contributed by atoms with E-state index in [1.165, 1.54) is 0 Å². The Bertz CT molecular complexity index is 713. The molecule has 1 saturated heterocycles. The highest BCUT2D eigenvalue weighted by Crippen LogP contribution is 2.28. The van der Waals surface area contributed by atoms with Crippen LogP contribution in [0.2, 0.25) is 0 Å². The van der Waals surface area contributed by atoms with Gasteiger partial charge in [-0.1, -0.05) is 18.2 Å². The number of amides is 2. The number of para-hydroxylation sites is 2. The number of aromatic nitrogens is 1. The van der Waals surface area contributed by atoms with Crippen LogP contribution in [-0.2, 0) is 11.2 Å². The second-order valence-electron chi connectivity index (χ2n) is 6.63. The number of nitrogens with zero attached hydrogens (tertiary/aromatic N) is 2. The number of pyridine rings is 1. The summed E-state index contributed by atoms with van der Waals surface area (Å²) in [5, 5.41) is 5.86. The van der Waals surface area contributed by atoms with Gasteiger partial charge < -0.3 is 20.3 Å². The first kappa shape index (κ1) is 18.2. The number of hydrogen-bond donors (Lipinski definition) is 2. The molecule has 2 N–H and O–H groups in total. The van der Waals surface area contributed by atoms with Crippen LogP contribution in [-0.4, -0.2) is 42.9 Å². The first-order chi connectivity index (χ1) is 12.6. The molecule has 0 saturated carbocycles. The smallest absolute Gasteiger partial charge is 0.319 e. The molecule has 0 bridgehead atoms. The van der Waals surface area contributed by atoms with E-state index in [2.05, 4.69) is 34.4 Å². The van der Waals surface area contributed by atoms with Crippen molar-refractivity contribution in [2.45, 2.75) is 32.5 Å². The van der Waals surface area contributed by atoms with Crippen molar-refractivity contribution in [3.63, 3.8) is 0 Å². The zero-order valence-electron chi connectivity index (χ0n) is 15.3. The third-order valence-corrected chi connectivity index (χ3v) is 4.31. The molecule has 0 aliphatic carbocycles. The third-order valence-electron chi connectivity index (χ3n) is 4.31. The molecule has 138 valence electrons. The predicted octanol–water partition coefficient (Wildman–Crippen LogP) is 3.06. The minimum atomic E-state index is -0.206. The van der Waals surface area contributed by atoms with Crippen molar-refractivity contribution in [2.75, 3.05) is 29.9 Å². The second-order valence-corrected chi connectivity index (χ2v) is 6.63. The van der Waals surface area contributed by atoms with Gasteiger partial charge in [0.2, 0.25) is 0 Å². The Kier molecular flexibility index (Phi) is 6.07. The van der Waals surface area contributed by atoms with Crippen LogP contribution in [0.4, 0.5) is 16.2 Å². The van der Waals surface area contributed by atoms with E-state index in [1.807, 2.05) is 42.5 Å². The Morgan fingerprint density at radius 1 is 1.15 bits per heavy atom. The van der Waals surface area contributed by atoms with Gasteiger partial charge in [0.25, 0.3) is 0 Å². The summed E-state index contributed by atoms with van der Waals surface area (Å²) in [4.78, 5) is 18.8. The Balaban J connectivity index is 1.58. The van der Waals surface area contributed by atoms with Gasteiger partial charge in [0.15, 0.2) is 0 Å². The zero-order chi connectivity index (χ0) is 18.4. The molecular formula is C20H26N4O2. The average Bonchev–Trinajstić information content (AvgIpc) is 2.62. The summed E-state index contributed by atoms with van der Waals surface area (Å²) >= 11 is 0. The molecule has 6 nitrogen and oxygen atoms in total. The molecule has 0 radical (unpaired) electrons. The summed E-state index contributed by atoms with van der Waals surface area (Å²) < 4.78 is 5.81. The largest absolute Gasteiger partial charge is 0.372 e. The highest BCUT2D eigenvalue weighted by molar-refractivity contribution is 5.93. The van der Waals surface area contributed by atoms with Gasteiger partial charge in [-0.15, -0.1) is 0 Å². The maximum absolute atomic E-state index is 12.3. The highest BCUT2D eigenvalue weighted by Gasteiger charge is 2.24. The number of urea groups is 1.